The highest BCUT2D eigenvalue weighted by atomic mass is 35.5. The highest BCUT2D eigenvalue weighted by Gasteiger charge is 2.34. The fourth-order valence-electron chi connectivity index (χ4n) is 1.61. The first-order valence-electron chi connectivity index (χ1n) is 5.09. The summed E-state index contributed by atoms with van der Waals surface area (Å²) >= 11 is 5.69. The second-order valence-electron chi connectivity index (χ2n) is 3.70. The number of carboxylic acid groups (broad SMARTS) is 1. The van der Waals surface area contributed by atoms with Crippen LogP contribution in [0.15, 0.2) is 12.1 Å². The topological polar surface area (TPSA) is 72.5 Å². The quantitative estimate of drug-likeness (QED) is 0.895. The average Bonchev–Trinajstić information content (AvgIpc) is 2.27. The Morgan fingerprint density at radius 1 is 1.53 bits per heavy atom. The van der Waals surface area contributed by atoms with Crippen LogP contribution in [0, 0.1) is 0 Å². The highest BCUT2D eigenvalue weighted by molar-refractivity contribution is 6.32. The van der Waals surface area contributed by atoms with Gasteiger partial charge in [0.2, 0.25) is 0 Å². The van der Waals surface area contributed by atoms with E-state index in [1.54, 1.807) is 0 Å². The molecule has 1 aromatic rings. The van der Waals surface area contributed by atoms with E-state index in [4.69, 9.17) is 27.2 Å². The molecule has 0 aliphatic rings. The van der Waals surface area contributed by atoms with Gasteiger partial charge in [0, 0.05) is 12.1 Å². The van der Waals surface area contributed by atoms with Crippen molar-refractivity contribution in [3.63, 3.8) is 0 Å². The monoisotopic (exact) mass is 297 g/mol. The Morgan fingerprint density at radius 3 is 2.47 bits per heavy atom. The van der Waals surface area contributed by atoms with Gasteiger partial charge in [-0.1, -0.05) is 11.6 Å². The zero-order valence-corrected chi connectivity index (χ0v) is 10.5. The van der Waals surface area contributed by atoms with Crippen LogP contribution in [0.2, 0.25) is 5.02 Å². The van der Waals surface area contributed by atoms with Crippen LogP contribution in [-0.4, -0.2) is 24.7 Å². The van der Waals surface area contributed by atoms with E-state index in [0.717, 1.165) is 0 Å². The summed E-state index contributed by atoms with van der Waals surface area (Å²) in [6.45, 7) is -0.372. The van der Waals surface area contributed by atoms with Gasteiger partial charge in [-0.2, -0.15) is 13.2 Å². The lowest BCUT2D eigenvalue weighted by Gasteiger charge is -2.18. The molecule has 1 atom stereocenters. The molecule has 0 fully saturated rings. The van der Waals surface area contributed by atoms with Gasteiger partial charge in [-0.05, 0) is 12.1 Å². The van der Waals surface area contributed by atoms with Crippen molar-refractivity contribution in [2.24, 2.45) is 5.73 Å². The predicted molar refractivity (Wildman–Crippen MR) is 62.4 cm³/mol. The second kappa shape index (κ2) is 5.66. The molecule has 1 aromatic carbocycles. The number of alkyl halides is 3. The molecule has 0 aromatic heterocycles. The SMILES string of the molecule is COc1c(Cl)cc(C(F)(F)F)cc1C(CN)C(=O)O. The van der Waals surface area contributed by atoms with Crippen molar-refractivity contribution in [3.8, 4) is 5.75 Å². The molecule has 0 bridgehead atoms. The number of nitrogens with two attached hydrogens (primary N) is 1. The number of halogens is 4. The average molecular weight is 298 g/mol. The molecule has 0 aliphatic heterocycles. The maximum atomic E-state index is 12.7. The van der Waals surface area contributed by atoms with Gasteiger partial charge < -0.3 is 15.6 Å². The number of ether oxygens (including phenoxy) is 1. The number of rotatable bonds is 4. The Kier molecular flexibility index (Phi) is 4.65. The molecular formula is C11H11ClF3NO3. The largest absolute Gasteiger partial charge is 0.495 e. The molecule has 0 saturated carbocycles. The van der Waals surface area contributed by atoms with E-state index in [0.29, 0.717) is 12.1 Å². The van der Waals surface area contributed by atoms with Gasteiger partial charge in [-0.25, -0.2) is 0 Å². The van der Waals surface area contributed by atoms with Crippen LogP contribution in [0.5, 0.6) is 5.75 Å². The Morgan fingerprint density at radius 2 is 2.11 bits per heavy atom. The molecule has 0 spiro atoms. The zero-order chi connectivity index (χ0) is 14.8. The lowest BCUT2D eigenvalue weighted by Crippen LogP contribution is -2.22. The van der Waals surface area contributed by atoms with Crippen molar-refractivity contribution in [3.05, 3.63) is 28.3 Å². The second-order valence-corrected chi connectivity index (χ2v) is 4.11. The summed E-state index contributed by atoms with van der Waals surface area (Å²) in [5.41, 5.74) is 4.03. The van der Waals surface area contributed by atoms with Crippen molar-refractivity contribution >= 4 is 17.6 Å². The number of methoxy groups -OCH3 is 1. The molecule has 8 heteroatoms. The van der Waals surface area contributed by atoms with Crippen LogP contribution in [-0.2, 0) is 11.0 Å². The van der Waals surface area contributed by atoms with Crippen molar-refractivity contribution < 1.29 is 27.8 Å². The fourth-order valence-corrected chi connectivity index (χ4v) is 1.92. The number of benzene rings is 1. The van der Waals surface area contributed by atoms with E-state index >= 15 is 0 Å². The van der Waals surface area contributed by atoms with E-state index in [1.165, 1.54) is 7.11 Å². The minimum atomic E-state index is -4.64. The summed E-state index contributed by atoms with van der Waals surface area (Å²) in [4.78, 5) is 11.0. The maximum Gasteiger partial charge on any atom is 0.416 e. The van der Waals surface area contributed by atoms with Crippen molar-refractivity contribution in [1.82, 2.24) is 0 Å². The summed E-state index contributed by atoms with van der Waals surface area (Å²) in [5, 5.41) is 8.66. The van der Waals surface area contributed by atoms with Crippen LogP contribution in [0.4, 0.5) is 13.2 Å². The first kappa shape index (κ1) is 15.6. The van der Waals surface area contributed by atoms with Gasteiger partial charge in [-0.15, -0.1) is 0 Å². The van der Waals surface area contributed by atoms with Crippen molar-refractivity contribution in [2.45, 2.75) is 12.1 Å². The first-order chi connectivity index (χ1) is 8.72. The Balaban J connectivity index is 3.50. The maximum absolute atomic E-state index is 12.7. The minimum absolute atomic E-state index is 0.118. The number of hydrogen-bond donors (Lipinski definition) is 2. The molecule has 0 aliphatic carbocycles. The van der Waals surface area contributed by atoms with Crippen LogP contribution in [0.1, 0.15) is 17.0 Å². The molecule has 0 amide bonds. The van der Waals surface area contributed by atoms with E-state index in [2.05, 4.69) is 0 Å². The lowest BCUT2D eigenvalue weighted by molar-refractivity contribution is -0.140. The summed E-state index contributed by atoms with van der Waals surface area (Å²) in [7, 11) is 1.19. The molecule has 0 heterocycles. The Bertz CT molecular complexity index is 491. The first-order valence-corrected chi connectivity index (χ1v) is 5.47. The smallest absolute Gasteiger partial charge is 0.416 e. The standard InChI is InChI=1S/C11H11ClF3NO3/c1-19-9-6(7(4-16)10(17)18)2-5(3-8(9)12)11(13,14)15/h2-3,7H,4,16H2,1H3,(H,17,18). The molecule has 106 valence electrons. The van der Waals surface area contributed by atoms with Gasteiger partial charge in [0.25, 0.3) is 0 Å². The third kappa shape index (κ3) is 3.30. The lowest BCUT2D eigenvalue weighted by atomic mass is 9.96. The summed E-state index contributed by atoms with van der Waals surface area (Å²) < 4.78 is 42.9. The number of aliphatic carboxylic acids is 1. The van der Waals surface area contributed by atoms with Gasteiger partial charge in [0.05, 0.1) is 23.6 Å². The molecule has 1 unspecified atom stereocenters. The normalized spacial score (nSPS) is 13.2. The molecule has 3 N–H and O–H groups in total. The molecule has 4 nitrogen and oxygen atoms in total. The fraction of sp³-hybridized carbons (Fsp3) is 0.364. The molecule has 19 heavy (non-hydrogen) atoms. The summed E-state index contributed by atoms with van der Waals surface area (Å²) in [6.07, 6.45) is -4.64. The van der Waals surface area contributed by atoms with Gasteiger partial charge >= 0.3 is 12.1 Å². The number of carboxylic acids is 1. The van der Waals surface area contributed by atoms with Crippen LogP contribution in [0.3, 0.4) is 0 Å². The Labute approximate surface area is 111 Å². The zero-order valence-electron chi connectivity index (χ0n) is 9.79. The van der Waals surface area contributed by atoms with E-state index in [-0.39, 0.29) is 22.9 Å². The third-order valence-corrected chi connectivity index (χ3v) is 2.79. The van der Waals surface area contributed by atoms with Crippen LogP contribution < -0.4 is 10.5 Å². The van der Waals surface area contributed by atoms with Crippen molar-refractivity contribution in [1.29, 1.82) is 0 Å². The Hall–Kier alpha value is -1.47. The number of carbonyl (C=O) groups is 1. The van der Waals surface area contributed by atoms with Gasteiger partial charge in [0.1, 0.15) is 5.75 Å². The van der Waals surface area contributed by atoms with Gasteiger partial charge in [0.15, 0.2) is 0 Å². The molecular weight excluding hydrogens is 287 g/mol. The van der Waals surface area contributed by atoms with Gasteiger partial charge in [-0.3, -0.25) is 4.79 Å². The number of hydrogen-bond acceptors (Lipinski definition) is 3. The van der Waals surface area contributed by atoms with Crippen LogP contribution in [0.25, 0.3) is 0 Å². The van der Waals surface area contributed by atoms with Crippen molar-refractivity contribution in [2.75, 3.05) is 13.7 Å². The van der Waals surface area contributed by atoms with E-state index in [1.807, 2.05) is 0 Å². The van der Waals surface area contributed by atoms with E-state index < -0.39 is 23.6 Å². The highest BCUT2D eigenvalue weighted by Crippen LogP contribution is 2.40. The van der Waals surface area contributed by atoms with Crippen LogP contribution >= 0.6 is 11.6 Å². The molecule has 0 radical (unpaired) electrons. The van der Waals surface area contributed by atoms with E-state index in [9.17, 15) is 18.0 Å². The predicted octanol–water partition coefficient (Wildman–Crippen LogP) is 2.49. The third-order valence-electron chi connectivity index (χ3n) is 2.51. The summed E-state index contributed by atoms with van der Waals surface area (Å²) in [6, 6.07) is 1.37. The summed E-state index contributed by atoms with van der Waals surface area (Å²) in [5.74, 6) is -2.79. The molecule has 0 saturated heterocycles. The molecule has 1 rings (SSSR count). The minimum Gasteiger partial charge on any atom is -0.495 e.